The van der Waals surface area contributed by atoms with Crippen LogP contribution in [0.3, 0.4) is 0 Å². The topological polar surface area (TPSA) is 42.2 Å². The van der Waals surface area contributed by atoms with Crippen LogP contribution in [-0.2, 0) is 0 Å². The van der Waals surface area contributed by atoms with Gasteiger partial charge in [-0.15, -0.1) is 0 Å². The maximum Gasteiger partial charge on any atom is 0.185 e. The highest BCUT2D eigenvalue weighted by Crippen LogP contribution is 2.50. The van der Waals surface area contributed by atoms with Gasteiger partial charge in [-0.05, 0) is 78.1 Å². The van der Waals surface area contributed by atoms with Crippen LogP contribution in [0, 0.1) is 5.92 Å². The Labute approximate surface area is 174 Å². The van der Waals surface area contributed by atoms with E-state index in [9.17, 15) is 4.79 Å². The molecule has 2 aliphatic rings. The van der Waals surface area contributed by atoms with Crippen molar-refractivity contribution in [3.63, 3.8) is 0 Å². The summed E-state index contributed by atoms with van der Waals surface area (Å²) in [6.07, 6.45) is 10.4. The van der Waals surface area contributed by atoms with Gasteiger partial charge in [-0.2, -0.15) is 0 Å². The number of ketones is 1. The van der Waals surface area contributed by atoms with Crippen LogP contribution < -0.4 is 5.32 Å². The zero-order valence-corrected chi connectivity index (χ0v) is 16.5. The average molecular weight is 402 g/mol. The van der Waals surface area contributed by atoms with Crippen LogP contribution in [0.15, 0.2) is 83.5 Å². The fourth-order valence-electron chi connectivity index (χ4n) is 4.39. The van der Waals surface area contributed by atoms with Crippen LogP contribution in [-0.4, -0.2) is 5.78 Å². The maximum atomic E-state index is 12.7. The van der Waals surface area contributed by atoms with Crippen LogP contribution >= 0.6 is 11.6 Å². The molecule has 2 aromatic carbocycles. The standard InChI is InChI=1S/C25H20ClNO2/c26-18-9-6-16(7-10-18)25-21-5-1-4-20(21)22-15-17(8-12-23(22)27-25)24(28)13-11-19-3-2-14-29-19/h1-4,6-15,20-21,25,27H,5H2. The van der Waals surface area contributed by atoms with Gasteiger partial charge in [-0.25, -0.2) is 0 Å². The molecule has 4 heteroatoms. The second kappa shape index (κ2) is 7.41. The van der Waals surface area contributed by atoms with E-state index >= 15 is 0 Å². The Balaban J connectivity index is 1.45. The number of nitrogens with one attached hydrogen (secondary N) is 1. The Hall–Kier alpha value is -3.04. The van der Waals surface area contributed by atoms with E-state index in [0.29, 0.717) is 23.2 Å². The minimum absolute atomic E-state index is 0.0254. The van der Waals surface area contributed by atoms with Gasteiger partial charge < -0.3 is 9.73 Å². The lowest BCUT2D eigenvalue weighted by atomic mass is 9.76. The van der Waals surface area contributed by atoms with Crippen molar-refractivity contribution in [2.75, 3.05) is 5.32 Å². The fourth-order valence-corrected chi connectivity index (χ4v) is 4.51. The quantitative estimate of drug-likeness (QED) is 0.302. The van der Waals surface area contributed by atoms with Gasteiger partial charge in [0, 0.05) is 22.2 Å². The molecular weight excluding hydrogens is 382 g/mol. The summed E-state index contributed by atoms with van der Waals surface area (Å²) >= 11 is 6.07. The lowest BCUT2D eigenvalue weighted by Gasteiger charge is -2.37. The second-order valence-corrected chi connectivity index (χ2v) is 7.98. The van der Waals surface area contributed by atoms with Crippen LogP contribution in [0.2, 0.25) is 5.02 Å². The van der Waals surface area contributed by atoms with Crippen molar-refractivity contribution in [1.82, 2.24) is 0 Å². The third kappa shape index (κ3) is 3.43. The van der Waals surface area contributed by atoms with Gasteiger partial charge in [0.2, 0.25) is 0 Å². The summed E-state index contributed by atoms with van der Waals surface area (Å²) < 4.78 is 5.26. The van der Waals surface area contributed by atoms with Gasteiger partial charge in [0.25, 0.3) is 0 Å². The minimum Gasteiger partial charge on any atom is -0.465 e. The number of halogens is 1. The predicted molar refractivity (Wildman–Crippen MR) is 116 cm³/mol. The van der Waals surface area contributed by atoms with E-state index in [1.807, 2.05) is 36.4 Å². The Morgan fingerprint density at radius 3 is 2.79 bits per heavy atom. The van der Waals surface area contributed by atoms with Crippen molar-refractivity contribution < 1.29 is 9.21 Å². The summed E-state index contributed by atoms with van der Waals surface area (Å²) in [5.74, 6) is 1.37. The Morgan fingerprint density at radius 1 is 1.14 bits per heavy atom. The lowest BCUT2D eigenvalue weighted by Crippen LogP contribution is -2.29. The number of benzene rings is 2. The molecule has 1 aromatic heterocycles. The molecule has 144 valence electrons. The third-order valence-corrected chi connectivity index (χ3v) is 6.07. The number of furan rings is 1. The fraction of sp³-hybridized carbons (Fsp3) is 0.160. The Kier molecular flexibility index (Phi) is 4.61. The van der Waals surface area contributed by atoms with Crippen LogP contribution in [0.1, 0.15) is 45.6 Å². The number of fused-ring (bicyclic) bond motifs is 3. The highest BCUT2D eigenvalue weighted by Gasteiger charge is 2.38. The first kappa shape index (κ1) is 18.0. The third-order valence-electron chi connectivity index (χ3n) is 5.82. The molecule has 1 aliphatic carbocycles. The van der Waals surface area contributed by atoms with Crippen molar-refractivity contribution in [2.24, 2.45) is 5.92 Å². The zero-order valence-electron chi connectivity index (χ0n) is 15.7. The molecular formula is C25H20ClNO2. The largest absolute Gasteiger partial charge is 0.465 e. The van der Waals surface area contributed by atoms with Crippen molar-refractivity contribution in [1.29, 1.82) is 0 Å². The molecule has 3 nitrogen and oxygen atoms in total. The van der Waals surface area contributed by atoms with Gasteiger partial charge in [-0.1, -0.05) is 35.9 Å². The zero-order chi connectivity index (χ0) is 19.8. The summed E-state index contributed by atoms with van der Waals surface area (Å²) in [4.78, 5) is 12.7. The maximum absolute atomic E-state index is 12.7. The van der Waals surface area contributed by atoms with Gasteiger partial charge in [0.05, 0.1) is 12.3 Å². The molecule has 0 saturated carbocycles. The van der Waals surface area contributed by atoms with E-state index in [2.05, 4.69) is 29.6 Å². The van der Waals surface area contributed by atoms with Crippen LogP contribution in [0.4, 0.5) is 5.69 Å². The monoisotopic (exact) mass is 401 g/mol. The molecule has 3 atom stereocenters. The molecule has 2 heterocycles. The van der Waals surface area contributed by atoms with Crippen molar-refractivity contribution >= 4 is 29.1 Å². The summed E-state index contributed by atoms with van der Waals surface area (Å²) in [6.45, 7) is 0. The second-order valence-electron chi connectivity index (χ2n) is 7.54. The van der Waals surface area contributed by atoms with E-state index in [1.54, 1.807) is 24.5 Å². The van der Waals surface area contributed by atoms with Gasteiger partial charge >= 0.3 is 0 Å². The molecule has 0 spiro atoms. The normalized spacial score (nSPS) is 22.3. The van der Waals surface area contributed by atoms with Crippen molar-refractivity contribution in [3.05, 3.63) is 107 Å². The molecule has 3 aromatic rings. The molecule has 3 unspecified atom stereocenters. The molecule has 0 bridgehead atoms. The highest BCUT2D eigenvalue weighted by atomic mass is 35.5. The van der Waals surface area contributed by atoms with E-state index < -0.39 is 0 Å². The van der Waals surface area contributed by atoms with Crippen molar-refractivity contribution in [2.45, 2.75) is 18.4 Å². The summed E-state index contributed by atoms with van der Waals surface area (Å²) in [6, 6.07) is 17.9. The number of carbonyl (C=O) groups excluding carboxylic acids is 1. The first-order valence-electron chi connectivity index (χ1n) is 9.77. The summed E-state index contributed by atoms with van der Waals surface area (Å²) in [7, 11) is 0. The molecule has 0 fully saturated rings. The van der Waals surface area contributed by atoms with E-state index in [1.165, 1.54) is 11.1 Å². The highest BCUT2D eigenvalue weighted by molar-refractivity contribution is 6.30. The number of anilines is 1. The molecule has 5 rings (SSSR count). The first-order valence-corrected chi connectivity index (χ1v) is 10.2. The first-order chi connectivity index (χ1) is 14.2. The smallest absolute Gasteiger partial charge is 0.185 e. The van der Waals surface area contributed by atoms with Crippen LogP contribution in [0.25, 0.3) is 6.08 Å². The lowest BCUT2D eigenvalue weighted by molar-refractivity contribution is 0.104. The minimum atomic E-state index is -0.0254. The van der Waals surface area contributed by atoms with Gasteiger partial charge in [0.15, 0.2) is 5.78 Å². The Bertz CT molecular complexity index is 1100. The van der Waals surface area contributed by atoms with Crippen molar-refractivity contribution in [3.8, 4) is 0 Å². The molecule has 0 saturated heterocycles. The molecule has 1 aliphatic heterocycles. The van der Waals surface area contributed by atoms with E-state index in [-0.39, 0.29) is 11.8 Å². The average Bonchev–Trinajstić information content (AvgIpc) is 3.44. The number of hydrogen-bond donors (Lipinski definition) is 1. The SMILES string of the molecule is O=C(C=Cc1ccco1)c1ccc2c(c1)C1C=CCC1C(c1ccc(Cl)cc1)N2. The van der Waals surface area contributed by atoms with Crippen LogP contribution in [0.5, 0.6) is 0 Å². The van der Waals surface area contributed by atoms with E-state index in [4.69, 9.17) is 16.0 Å². The Morgan fingerprint density at radius 2 is 2.00 bits per heavy atom. The van der Waals surface area contributed by atoms with Gasteiger partial charge in [0.1, 0.15) is 5.76 Å². The molecule has 29 heavy (non-hydrogen) atoms. The predicted octanol–water partition coefficient (Wildman–Crippen LogP) is 6.66. The number of carbonyl (C=O) groups is 1. The molecule has 0 radical (unpaired) electrons. The molecule has 0 amide bonds. The van der Waals surface area contributed by atoms with Gasteiger partial charge in [-0.3, -0.25) is 4.79 Å². The van der Waals surface area contributed by atoms with E-state index in [0.717, 1.165) is 17.1 Å². The summed E-state index contributed by atoms with van der Waals surface area (Å²) in [5, 5.41) is 4.44. The summed E-state index contributed by atoms with van der Waals surface area (Å²) in [5.41, 5.74) is 4.20. The molecule has 1 N–H and O–H groups in total. The number of hydrogen-bond acceptors (Lipinski definition) is 3. The number of allylic oxidation sites excluding steroid dienone is 3. The number of rotatable bonds is 4.